The molecule has 0 aliphatic carbocycles. The van der Waals surface area contributed by atoms with Crippen LogP contribution in [0.2, 0.25) is 0 Å². The predicted molar refractivity (Wildman–Crippen MR) is 129 cm³/mol. The van der Waals surface area contributed by atoms with Crippen molar-refractivity contribution < 1.29 is 14.3 Å². The molecule has 0 spiro atoms. The Balaban J connectivity index is 1.69. The van der Waals surface area contributed by atoms with Gasteiger partial charge in [-0.1, -0.05) is 44.2 Å². The summed E-state index contributed by atoms with van der Waals surface area (Å²) in [6.07, 6.45) is 2.81. The smallest absolute Gasteiger partial charge is 0.332 e. The topological polar surface area (TPSA) is 113 Å². The van der Waals surface area contributed by atoms with Crippen molar-refractivity contribution in [2.75, 3.05) is 12.3 Å². The van der Waals surface area contributed by atoms with Crippen molar-refractivity contribution in [1.82, 2.24) is 9.13 Å². The van der Waals surface area contributed by atoms with Crippen LogP contribution < -0.4 is 17.0 Å². The number of anilines is 1. The van der Waals surface area contributed by atoms with E-state index in [1.54, 1.807) is 6.08 Å². The highest BCUT2D eigenvalue weighted by atomic mass is 32.1. The molecule has 0 bridgehead atoms. The fourth-order valence-electron chi connectivity index (χ4n) is 3.19. The van der Waals surface area contributed by atoms with E-state index in [4.69, 9.17) is 10.5 Å². The summed E-state index contributed by atoms with van der Waals surface area (Å²) < 4.78 is 7.02. The monoisotopic (exact) mass is 467 g/mol. The lowest BCUT2D eigenvalue weighted by atomic mass is 10.1. The third-order valence-corrected chi connectivity index (χ3v) is 5.92. The number of rotatable bonds is 8. The van der Waals surface area contributed by atoms with Crippen LogP contribution in [-0.4, -0.2) is 27.5 Å². The highest BCUT2D eigenvalue weighted by molar-refractivity contribution is 7.16. The van der Waals surface area contributed by atoms with E-state index in [1.807, 2.05) is 56.3 Å². The minimum Gasteiger partial charge on any atom is -0.454 e. The maximum atomic E-state index is 12.6. The van der Waals surface area contributed by atoms with Gasteiger partial charge in [0, 0.05) is 29.4 Å². The molecule has 0 aliphatic rings. The van der Waals surface area contributed by atoms with E-state index in [0.29, 0.717) is 0 Å². The molecule has 1 aromatic carbocycles. The molecule has 33 heavy (non-hydrogen) atoms. The Hall–Kier alpha value is -3.72. The molecule has 2 N–H and O–H groups in total. The quantitative estimate of drug-likeness (QED) is 0.310. The minimum absolute atomic E-state index is 0.0630. The lowest BCUT2D eigenvalue weighted by Crippen LogP contribution is -2.43. The normalized spacial score (nSPS) is 11.3. The van der Waals surface area contributed by atoms with Crippen LogP contribution in [0.5, 0.6) is 0 Å². The molecule has 0 unspecified atom stereocenters. The molecule has 0 amide bonds. The number of benzene rings is 1. The summed E-state index contributed by atoms with van der Waals surface area (Å²) in [4.78, 5) is 51.4. The summed E-state index contributed by atoms with van der Waals surface area (Å²) in [6, 6.07) is 13.7. The van der Waals surface area contributed by atoms with Crippen LogP contribution in [0.3, 0.4) is 0 Å². The second-order valence-corrected chi connectivity index (χ2v) is 8.96. The van der Waals surface area contributed by atoms with E-state index in [2.05, 4.69) is 0 Å². The summed E-state index contributed by atoms with van der Waals surface area (Å²) in [5.41, 5.74) is 5.26. The molecule has 0 radical (unpaired) electrons. The highest BCUT2D eigenvalue weighted by Crippen LogP contribution is 2.28. The first-order valence-electron chi connectivity index (χ1n) is 10.3. The minimum atomic E-state index is -0.818. The molecule has 0 aliphatic heterocycles. The first-order chi connectivity index (χ1) is 15.7. The van der Waals surface area contributed by atoms with Gasteiger partial charge < -0.3 is 10.5 Å². The number of nitrogens with two attached hydrogens (primary N) is 1. The van der Waals surface area contributed by atoms with Crippen molar-refractivity contribution in [2.24, 2.45) is 13.0 Å². The standard InChI is InChI=1S/C24H25N3O5S/c1-15(2)13-27-22(25)21(23(30)26(3)24(27)31)18(28)14-32-20(29)12-10-17-9-11-19(33-17)16-7-5-4-6-8-16/h4-12,15H,13-14,25H2,1-3H3/b12-10+. The van der Waals surface area contributed by atoms with Crippen LogP contribution in [0.25, 0.3) is 16.5 Å². The Kier molecular flexibility index (Phi) is 7.44. The maximum Gasteiger partial charge on any atom is 0.332 e. The summed E-state index contributed by atoms with van der Waals surface area (Å²) in [5, 5.41) is 0. The number of nitrogens with zero attached hydrogens (tertiary/aromatic N) is 2. The number of hydrogen-bond donors (Lipinski definition) is 1. The lowest BCUT2D eigenvalue weighted by Gasteiger charge is -2.16. The van der Waals surface area contributed by atoms with Gasteiger partial charge in [0.15, 0.2) is 6.61 Å². The SMILES string of the molecule is CC(C)Cn1c(N)c(C(=O)COC(=O)/C=C/c2ccc(-c3ccccc3)s2)c(=O)n(C)c1=O. The number of ketones is 1. The van der Waals surface area contributed by atoms with Gasteiger partial charge in [0.05, 0.1) is 0 Å². The summed E-state index contributed by atoms with van der Waals surface area (Å²) in [7, 11) is 1.27. The molecule has 0 saturated carbocycles. The molecule has 9 heteroatoms. The Labute approximate surface area is 194 Å². The Morgan fingerprint density at radius 2 is 1.82 bits per heavy atom. The highest BCUT2D eigenvalue weighted by Gasteiger charge is 2.22. The zero-order valence-electron chi connectivity index (χ0n) is 18.6. The fraction of sp³-hybridized carbons (Fsp3) is 0.250. The zero-order chi connectivity index (χ0) is 24.1. The van der Waals surface area contributed by atoms with Crippen LogP contribution >= 0.6 is 11.3 Å². The number of hydrogen-bond acceptors (Lipinski definition) is 7. The van der Waals surface area contributed by atoms with Gasteiger partial charge in [0.1, 0.15) is 11.4 Å². The molecule has 8 nitrogen and oxygen atoms in total. The number of carbonyl (C=O) groups is 2. The summed E-state index contributed by atoms with van der Waals surface area (Å²) in [5.74, 6) is -1.66. The Bertz CT molecular complexity index is 1320. The molecule has 2 heterocycles. The van der Waals surface area contributed by atoms with Crippen LogP contribution in [-0.2, 0) is 23.1 Å². The Morgan fingerprint density at radius 3 is 2.48 bits per heavy atom. The molecule has 2 aromatic heterocycles. The number of Topliss-reactive ketones (excluding diaryl/α,β-unsaturated/α-hetero) is 1. The number of ether oxygens (including phenoxy) is 1. The van der Waals surface area contributed by atoms with E-state index in [9.17, 15) is 19.2 Å². The molecule has 3 aromatic rings. The molecule has 0 fully saturated rings. The van der Waals surface area contributed by atoms with Crippen molar-refractivity contribution in [3.63, 3.8) is 0 Å². The van der Waals surface area contributed by atoms with Gasteiger partial charge in [-0.3, -0.25) is 18.7 Å². The van der Waals surface area contributed by atoms with E-state index < -0.39 is 29.6 Å². The second kappa shape index (κ2) is 10.3. The average molecular weight is 468 g/mol. The molecule has 3 rings (SSSR count). The fourth-order valence-corrected chi connectivity index (χ4v) is 4.11. The van der Waals surface area contributed by atoms with Gasteiger partial charge in [-0.25, -0.2) is 9.59 Å². The largest absolute Gasteiger partial charge is 0.454 e. The van der Waals surface area contributed by atoms with Crippen LogP contribution in [0.1, 0.15) is 29.1 Å². The van der Waals surface area contributed by atoms with Crippen molar-refractivity contribution in [3.05, 3.63) is 79.8 Å². The van der Waals surface area contributed by atoms with Crippen LogP contribution in [0.15, 0.2) is 58.1 Å². The van der Waals surface area contributed by atoms with Gasteiger partial charge in [0.2, 0.25) is 5.78 Å². The Morgan fingerprint density at radius 1 is 1.12 bits per heavy atom. The first-order valence-corrected chi connectivity index (χ1v) is 11.1. The van der Waals surface area contributed by atoms with Gasteiger partial charge >= 0.3 is 11.7 Å². The zero-order valence-corrected chi connectivity index (χ0v) is 19.4. The lowest BCUT2D eigenvalue weighted by molar-refractivity contribution is -0.136. The van der Waals surface area contributed by atoms with Crippen molar-refractivity contribution >= 4 is 35.0 Å². The van der Waals surface area contributed by atoms with E-state index in [-0.39, 0.29) is 23.8 Å². The first kappa shape index (κ1) is 23.9. The number of thiophene rings is 1. The maximum absolute atomic E-state index is 12.6. The number of nitrogen functional groups attached to an aromatic ring is 1. The number of esters is 1. The molecular weight excluding hydrogens is 442 g/mol. The molecule has 0 atom stereocenters. The van der Waals surface area contributed by atoms with Gasteiger partial charge in [0.25, 0.3) is 5.56 Å². The van der Waals surface area contributed by atoms with Crippen molar-refractivity contribution in [2.45, 2.75) is 20.4 Å². The van der Waals surface area contributed by atoms with Crippen molar-refractivity contribution in [3.8, 4) is 10.4 Å². The third kappa shape index (κ3) is 5.56. The summed E-state index contributed by atoms with van der Waals surface area (Å²) in [6.45, 7) is 3.33. The van der Waals surface area contributed by atoms with Gasteiger partial charge in [-0.2, -0.15) is 0 Å². The molecule has 0 saturated heterocycles. The second-order valence-electron chi connectivity index (χ2n) is 7.84. The van der Waals surface area contributed by atoms with E-state index in [0.717, 1.165) is 19.9 Å². The number of aromatic nitrogens is 2. The third-order valence-electron chi connectivity index (χ3n) is 4.82. The average Bonchev–Trinajstić information content (AvgIpc) is 3.27. The van der Waals surface area contributed by atoms with E-state index >= 15 is 0 Å². The van der Waals surface area contributed by atoms with Crippen LogP contribution in [0.4, 0.5) is 5.82 Å². The van der Waals surface area contributed by atoms with Gasteiger partial charge in [-0.15, -0.1) is 11.3 Å². The van der Waals surface area contributed by atoms with Gasteiger partial charge in [-0.05, 0) is 29.7 Å². The predicted octanol–water partition coefficient (Wildman–Crippen LogP) is 2.95. The van der Waals surface area contributed by atoms with Crippen molar-refractivity contribution in [1.29, 1.82) is 0 Å². The summed E-state index contributed by atoms with van der Waals surface area (Å²) >= 11 is 1.51. The van der Waals surface area contributed by atoms with E-state index in [1.165, 1.54) is 29.0 Å². The molecule has 172 valence electrons. The number of carbonyl (C=O) groups excluding carboxylic acids is 2. The van der Waals surface area contributed by atoms with Crippen LogP contribution in [0, 0.1) is 5.92 Å². The molecular formula is C24H25N3O5S.